The largest absolute Gasteiger partial charge is 0.365 e. The standard InChI is InChI=1S/C17H16BrClN2O2S/c1-8-2-4-10-13(6-8)24-17(14(10)15(20)22)21-16(23)11-7-9(18)3-5-12(11)19/h3,5,7-8H,2,4,6H2,1H3,(H2,20,22)(H,21,23)/t8-/m1/s1. The molecule has 1 heterocycles. The van der Waals surface area contributed by atoms with Crippen LogP contribution in [-0.4, -0.2) is 11.8 Å². The Morgan fingerprint density at radius 2 is 2.17 bits per heavy atom. The first-order valence-corrected chi connectivity index (χ1v) is 9.56. The summed E-state index contributed by atoms with van der Waals surface area (Å²) in [5, 5.41) is 3.69. The maximum Gasteiger partial charge on any atom is 0.257 e. The van der Waals surface area contributed by atoms with Gasteiger partial charge in [-0.15, -0.1) is 11.3 Å². The van der Waals surface area contributed by atoms with E-state index in [1.807, 2.05) is 0 Å². The van der Waals surface area contributed by atoms with Crippen LogP contribution in [0.1, 0.15) is 44.5 Å². The third-order valence-corrected chi connectivity index (χ3v) is 6.15. The van der Waals surface area contributed by atoms with Crippen molar-refractivity contribution in [3.8, 4) is 0 Å². The number of carbonyl (C=O) groups is 2. The molecule has 0 aliphatic heterocycles. The number of carbonyl (C=O) groups excluding carboxylic acids is 2. The van der Waals surface area contributed by atoms with Crippen LogP contribution in [0, 0.1) is 5.92 Å². The Balaban J connectivity index is 1.96. The first-order chi connectivity index (χ1) is 11.4. The molecule has 2 amide bonds. The van der Waals surface area contributed by atoms with Crippen LogP contribution in [-0.2, 0) is 12.8 Å². The number of fused-ring (bicyclic) bond motifs is 1. The van der Waals surface area contributed by atoms with Crippen LogP contribution in [0.5, 0.6) is 0 Å². The fraction of sp³-hybridized carbons (Fsp3) is 0.294. The minimum Gasteiger partial charge on any atom is -0.365 e. The molecule has 0 radical (unpaired) electrons. The van der Waals surface area contributed by atoms with Crippen LogP contribution in [0.4, 0.5) is 5.00 Å². The van der Waals surface area contributed by atoms with Crippen molar-refractivity contribution in [2.45, 2.75) is 26.2 Å². The Bertz CT molecular complexity index is 834. The molecule has 1 atom stereocenters. The van der Waals surface area contributed by atoms with Gasteiger partial charge in [0.25, 0.3) is 11.8 Å². The minimum atomic E-state index is -0.502. The summed E-state index contributed by atoms with van der Waals surface area (Å²) >= 11 is 10.9. The molecule has 3 N–H and O–H groups in total. The molecule has 1 aromatic carbocycles. The van der Waals surface area contributed by atoms with Gasteiger partial charge in [-0.1, -0.05) is 34.5 Å². The highest BCUT2D eigenvalue weighted by Crippen LogP contribution is 2.39. The van der Waals surface area contributed by atoms with Crippen molar-refractivity contribution >= 4 is 55.7 Å². The van der Waals surface area contributed by atoms with E-state index in [-0.39, 0.29) is 5.91 Å². The molecular formula is C17H16BrClN2O2S. The molecule has 1 aliphatic rings. The van der Waals surface area contributed by atoms with Gasteiger partial charge in [-0.2, -0.15) is 0 Å². The van der Waals surface area contributed by atoms with Gasteiger partial charge in [0.2, 0.25) is 0 Å². The first kappa shape index (κ1) is 17.5. The molecule has 0 bridgehead atoms. The topological polar surface area (TPSA) is 72.2 Å². The highest BCUT2D eigenvalue weighted by atomic mass is 79.9. The van der Waals surface area contributed by atoms with Gasteiger partial charge in [-0.25, -0.2) is 0 Å². The van der Waals surface area contributed by atoms with Gasteiger partial charge < -0.3 is 11.1 Å². The number of amides is 2. The predicted molar refractivity (Wildman–Crippen MR) is 101 cm³/mol. The SMILES string of the molecule is C[C@@H]1CCc2c(sc(NC(=O)c3cc(Br)ccc3Cl)c2C(N)=O)C1. The van der Waals surface area contributed by atoms with E-state index >= 15 is 0 Å². The van der Waals surface area contributed by atoms with Crippen LogP contribution >= 0.6 is 38.9 Å². The second-order valence-electron chi connectivity index (χ2n) is 6.00. The molecule has 1 aromatic heterocycles. The number of nitrogens with two attached hydrogens (primary N) is 1. The molecule has 0 spiro atoms. The molecular weight excluding hydrogens is 412 g/mol. The molecule has 0 saturated heterocycles. The number of thiophene rings is 1. The zero-order valence-electron chi connectivity index (χ0n) is 13.0. The summed E-state index contributed by atoms with van der Waals surface area (Å²) in [6, 6.07) is 5.06. The Kier molecular flexibility index (Phi) is 4.99. The van der Waals surface area contributed by atoms with Crippen LogP contribution in [0.3, 0.4) is 0 Å². The fourth-order valence-electron chi connectivity index (χ4n) is 2.94. The Hall–Kier alpha value is -1.37. The average Bonchev–Trinajstić information content (AvgIpc) is 2.86. The van der Waals surface area contributed by atoms with E-state index in [1.165, 1.54) is 11.3 Å². The van der Waals surface area contributed by atoms with Gasteiger partial charge in [0.1, 0.15) is 5.00 Å². The van der Waals surface area contributed by atoms with Crippen molar-refractivity contribution < 1.29 is 9.59 Å². The number of rotatable bonds is 3. The lowest BCUT2D eigenvalue weighted by molar-refractivity contribution is 0.1000. The second kappa shape index (κ2) is 6.86. The molecule has 0 unspecified atom stereocenters. The van der Waals surface area contributed by atoms with E-state index in [9.17, 15) is 9.59 Å². The van der Waals surface area contributed by atoms with Gasteiger partial charge in [0, 0.05) is 9.35 Å². The van der Waals surface area contributed by atoms with Crippen LogP contribution in [0.2, 0.25) is 5.02 Å². The lowest BCUT2D eigenvalue weighted by Gasteiger charge is -2.18. The molecule has 4 nitrogen and oxygen atoms in total. The summed E-state index contributed by atoms with van der Waals surface area (Å²) in [6.45, 7) is 2.19. The number of halogens is 2. The van der Waals surface area contributed by atoms with Crippen molar-refractivity contribution in [2.75, 3.05) is 5.32 Å². The number of hydrogen-bond acceptors (Lipinski definition) is 3. The smallest absolute Gasteiger partial charge is 0.257 e. The minimum absolute atomic E-state index is 0.348. The lowest BCUT2D eigenvalue weighted by atomic mass is 9.88. The number of benzene rings is 1. The van der Waals surface area contributed by atoms with E-state index < -0.39 is 5.91 Å². The molecule has 3 rings (SSSR count). The summed E-state index contributed by atoms with van der Waals surface area (Å²) in [5.41, 5.74) is 7.35. The monoisotopic (exact) mass is 426 g/mol. The normalized spacial score (nSPS) is 16.5. The third-order valence-electron chi connectivity index (χ3n) is 4.16. The van der Waals surface area contributed by atoms with Gasteiger partial charge >= 0.3 is 0 Å². The van der Waals surface area contributed by atoms with E-state index in [0.717, 1.165) is 34.2 Å². The van der Waals surface area contributed by atoms with Crippen molar-refractivity contribution in [1.82, 2.24) is 0 Å². The summed E-state index contributed by atoms with van der Waals surface area (Å²) < 4.78 is 0.756. The quantitative estimate of drug-likeness (QED) is 0.749. The van der Waals surface area contributed by atoms with E-state index in [2.05, 4.69) is 28.2 Å². The molecule has 126 valence electrons. The highest BCUT2D eigenvalue weighted by molar-refractivity contribution is 9.10. The van der Waals surface area contributed by atoms with Crippen LogP contribution in [0.15, 0.2) is 22.7 Å². The zero-order chi connectivity index (χ0) is 17.4. The van der Waals surface area contributed by atoms with Gasteiger partial charge in [-0.05, 0) is 48.9 Å². The first-order valence-electron chi connectivity index (χ1n) is 7.57. The maximum absolute atomic E-state index is 12.6. The maximum atomic E-state index is 12.6. The van der Waals surface area contributed by atoms with E-state index in [4.69, 9.17) is 17.3 Å². The predicted octanol–water partition coefficient (Wildman–Crippen LogP) is 4.64. The third kappa shape index (κ3) is 3.36. The summed E-state index contributed by atoms with van der Waals surface area (Å²) in [6.07, 6.45) is 2.75. The molecule has 2 aromatic rings. The van der Waals surface area contributed by atoms with Crippen LogP contribution in [0.25, 0.3) is 0 Å². The molecule has 24 heavy (non-hydrogen) atoms. The van der Waals surface area contributed by atoms with Gasteiger partial charge in [0.15, 0.2) is 0 Å². The summed E-state index contributed by atoms with van der Waals surface area (Å²) in [5.74, 6) is -0.284. The molecule has 0 fully saturated rings. The Morgan fingerprint density at radius 3 is 2.88 bits per heavy atom. The number of hydrogen-bond donors (Lipinski definition) is 2. The second-order valence-corrected chi connectivity index (χ2v) is 8.43. The number of anilines is 1. The average molecular weight is 428 g/mol. The Labute approximate surface area is 157 Å². The van der Waals surface area contributed by atoms with Crippen molar-refractivity contribution in [3.05, 3.63) is 49.3 Å². The van der Waals surface area contributed by atoms with Crippen molar-refractivity contribution in [3.63, 3.8) is 0 Å². The molecule has 7 heteroatoms. The fourth-order valence-corrected chi connectivity index (χ4v) is 4.92. The summed E-state index contributed by atoms with van der Waals surface area (Å²) in [7, 11) is 0. The van der Waals surface area contributed by atoms with Crippen molar-refractivity contribution in [2.24, 2.45) is 11.7 Å². The van der Waals surface area contributed by atoms with Crippen molar-refractivity contribution in [1.29, 1.82) is 0 Å². The van der Waals surface area contributed by atoms with Crippen LogP contribution < -0.4 is 11.1 Å². The molecule has 0 saturated carbocycles. The summed E-state index contributed by atoms with van der Waals surface area (Å²) in [4.78, 5) is 25.6. The highest BCUT2D eigenvalue weighted by Gasteiger charge is 2.27. The number of nitrogens with one attached hydrogen (secondary N) is 1. The van der Waals surface area contributed by atoms with Gasteiger partial charge in [0.05, 0.1) is 16.1 Å². The number of primary amides is 1. The zero-order valence-corrected chi connectivity index (χ0v) is 16.1. The van der Waals surface area contributed by atoms with E-state index in [0.29, 0.717) is 27.1 Å². The molecule has 1 aliphatic carbocycles. The lowest BCUT2D eigenvalue weighted by Crippen LogP contribution is -2.19. The van der Waals surface area contributed by atoms with Gasteiger partial charge in [-0.3, -0.25) is 9.59 Å². The Morgan fingerprint density at radius 1 is 1.42 bits per heavy atom. The van der Waals surface area contributed by atoms with E-state index in [1.54, 1.807) is 18.2 Å².